The van der Waals surface area contributed by atoms with Crippen molar-refractivity contribution in [1.29, 1.82) is 0 Å². The van der Waals surface area contributed by atoms with E-state index in [4.69, 9.17) is 0 Å². The second-order valence-electron chi connectivity index (χ2n) is 3.72. The molecule has 2 aromatic heterocycles. The summed E-state index contributed by atoms with van der Waals surface area (Å²) in [5.74, 6) is 1.03. The quantitative estimate of drug-likeness (QED) is 0.637. The lowest BCUT2D eigenvalue weighted by Gasteiger charge is -1.97. The van der Waals surface area contributed by atoms with E-state index >= 15 is 0 Å². The van der Waals surface area contributed by atoms with Crippen molar-refractivity contribution in [3.8, 4) is 0 Å². The van der Waals surface area contributed by atoms with Crippen LogP contribution in [0, 0.1) is 0 Å². The van der Waals surface area contributed by atoms with Crippen LogP contribution in [0.4, 0.5) is 0 Å². The second-order valence-corrected chi connectivity index (χ2v) is 5.94. The predicted molar refractivity (Wildman–Crippen MR) is 75.6 cm³/mol. The minimum Gasteiger partial charge on any atom is -0.265 e. The van der Waals surface area contributed by atoms with Crippen molar-refractivity contribution in [3.05, 3.63) is 59.7 Å². The molecule has 3 aromatic rings. The van der Waals surface area contributed by atoms with Crippen LogP contribution in [-0.2, 0) is 5.75 Å². The maximum absolute atomic E-state index is 4.02. The van der Waals surface area contributed by atoms with Gasteiger partial charge in [0.05, 0.1) is 0 Å². The van der Waals surface area contributed by atoms with Gasteiger partial charge in [-0.05, 0) is 29.7 Å². The van der Waals surface area contributed by atoms with Crippen molar-refractivity contribution in [3.63, 3.8) is 0 Å². The minimum absolute atomic E-state index is 1.03. The van der Waals surface area contributed by atoms with Crippen LogP contribution in [0.15, 0.2) is 59.8 Å². The van der Waals surface area contributed by atoms with E-state index in [0.717, 1.165) is 5.75 Å². The van der Waals surface area contributed by atoms with E-state index in [0.29, 0.717) is 0 Å². The number of hydrogen-bond donors (Lipinski definition) is 0. The summed E-state index contributed by atoms with van der Waals surface area (Å²) >= 11 is 3.74. The zero-order valence-electron chi connectivity index (χ0n) is 9.17. The Balaban J connectivity index is 1.77. The molecule has 3 rings (SSSR count). The van der Waals surface area contributed by atoms with Gasteiger partial charge in [0.1, 0.15) is 0 Å². The van der Waals surface area contributed by atoms with Crippen LogP contribution in [0.3, 0.4) is 0 Å². The summed E-state index contributed by atoms with van der Waals surface area (Å²) < 4.78 is 1.37. The Kier molecular flexibility index (Phi) is 3.12. The highest BCUT2D eigenvalue weighted by Crippen LogP contribution is 2.30. The van der Waals surface area contributed by atoms with Crippen molar-refractivity contribution in [2.75, 3.05) is 0 Å². The van der Waals surface area contributed by atoms with E-state index < -0.39 is 0 Å². The lowest BCUT2D eigenvalue weighted by molar-refractivity contribution is 1.26. The fourth-order valence-corrected chi connectivity index (χ4v) is 3.68. The number of fused-ring (bicyclic) bond motifs is 1. The Labute approximate surface area is 109 Å². The van der Waals surface area contributed by atoms with Crippen molar-refractivity contribution >= 4 is 33.2 Å². The molecule has 0 unspecified atom stereocenters. The van der Waals surface area contributed by atoms with Crippen molar-refractivity contribution in [2.45, 2.75) is 10.6 Å². The topological polar surface area (TPSA) is 12.9 Å². The molecule has 0 radical (unpaired) electrons. The molecule has 0 saturated heterocycles. The van der Waals surface area contributed by atoms with E-state index in [1.54, 1.807) is 0 Å². The number of hydrogen-bond acceptors (Lipinski definition) is 3. The molecule has 0 saturated carbocycles. The maximum Gasteiger partial charge on any atom is 0.0345 e. The number of nitrogens with zero attached hydrogens (tertiary/aromatic N) is 1. The minimum atomic E-state index is 1.03. The van der Waals surface area contributed by atoms with Gasteiger partial charge in [-0.15, -0.1) is 23.1 Å². The monoisotopic (exact) mass is 257 g/mol. The summed E-state index contributed by atoms with van der Waals surface area (Å²) in [7, 11) is 0. The first-order valence-corrected chi connectivity index (χ1v) is 7.22. The van der Waals surface area contributed by atoms with Gasteiger partial charge in [0.15, 0.2) is 0 Å². The van der Waals surface area contributed by atoms with Crippen molar-refractivity contribution in [2.24, 2.45) is 0 Å². The molecular formula is C14H11NS2. The molecule has 0 N–H and O–H groups in total. The molecule has 3 heteroatoms. The number of thioether (sulfide) groups is 1. The van der Waals surface area contributed by atoms with Gasteiger partial charge in [0.25, 0.3) is 0 Å². The third-order valence-corrected chi connectivity index (χ3v) is 4.87. The van der Waals surface area contributed by atoms with Crippen LogP contribution < -0.4 is 0 Å². The molecule has 1 nitrogen and oxygen atoms in total. The van der Waals surface area contributed by atoms with E-state index in [2.05, 4.69) is 47.4 Å². The molecule has 84 valence electrons. The number of rotatable bonds is 3. The van der Waals surface area contributed by atoms with Gasteiger partial charge in [0.2, 0.25) is 0 Å². The molecule has 0 aliphatic carbocycles. The largest absolute Gasteiger partial charge is 0.265 e. The fraction of sp³-hybridized carbons (Fsp3) is 0.0714. The highest BCUT2D eigenvalue weighted by Gasteiger charge is 2.01. The first kappa shape index (κ1) is 10.8. The third kappa shape index (κ3) is 2.51. The zero-order chi connectivity index (χ0) is 11.5. The van der Waals surface area contributed by atoms with Crippen LogP contribution in [0.2, 0.25) is 0 Å². The van der Waals surface area contributed by atoms with Crippen LogP contribution in [0.1, 0.15) is 4.88 Å². The molecule has 0 aliphatic rings. The fourth-order valence-electron chi connectivity index (χ4n) is 1.70. The average molecular weight is 257 g/mol. The zero-order valence-corrected chi connectivity index (χ0v) is 10.8. The van der Waals surface area contributed by atoms with E-state index in [1.807, 2.05) is 35.5 Å². The summed E-state index contributed by atoms with van der Waals surface area (Å²) in [5, 5.41) is 1.35. The van der Waals surface area contributed by atoms with E-state index in [9.17, 15) is 0 Å². The average Bonchev–Trinajstić information content (AvgIpc) is 2.80. The summed E-state index contributed by atoms with van der Waals surface area (Å²) in [5.41, 5.74) is 0. The van der Waals surface area contributed by atoms with Crippen LogP contribution in [-0.4, -0.2) is 4.98 Å². The van der Waals surface area contributed by atoms with Gasteiger partial charge in [-0.1, -0.05) is 18.2 Å². The first-order valence-electron chi connectivity index (χ1n) is 5.42. The normalized spacial score (nSPS) is 10.8. The van der Waals surface area contributed by atoms with Crippen molar-refractivity contribution < 1.29 is 0 Å². The molecule has 0 atom stereocenters. The van der Waals surface area contributed by atoms with Crippen molar-refractivity contribution in [1.82, 2.24) is 4.98 Å². The maximum atomic E-state index is 4.02. The highest BCUT2D eigenvalue weighted by molar-refractivity contribution is 7.98. The Hall–Kier alpha value is -1.32. The summed E-state index contributed by atoms with van der Waals surface area (Å²) in [6, 6.07) is 14.9. The summed E-state index contributed by atoms with van der Waals surface area (Å²) in [6.07, 6.45) is 3.68. The van der Waals surface area contributed by atoms with Gasteiger partial charge in [-0.3, -0.25) is 4.98 Å². The Morgan fingerprint density at radius 1 is 1.06 bits per heavy atom. The van der Waals surface area contributed by atoms with Crippen LogP contribution in [0.5, 0.6) is 0 Å². The number of aromatic nitrogens is 1. The standard InChI is InChI=1S/C14H11NS2/c1-2-4-14-11(3-1)9-13(17-14)10-16-12-5-7-15-8-6-12/h1-9H,10H2. The molecule has 0 amide bonds. The van der Waals surface area contributed by atoms with Gasteiger partial charge < -0.3 is 0 Å². The number of thiophene rings is 1. The van der Waals surface area contributed by atoms with E-state index in [-0.39, 0.29) is 0 Å². The Bertz CT molecular complexity index is 583. The predicted octanol–water partition coefficient (Wildman–Crippen LogP) is 4.59. The second kappa shape index (κ2) is 4.90. The highest BCUT2D eigenvalue weighted by atomic mass is 32.2. The lowest BCUT2D eigenvalue weighted by Crippen LogP contribution is -1.75. The first-order chi connectivity index (χ1) is 8.42. The summed E-state index contributed by atoms with van der Waals surface area (Å²) in [4.78, 5) is 6.72. The van der Waals surface area contributed by atoms with Gasteiger partial charge >= 0.3 is 0 Å². The van der Waals surface area contributed by atoms with Gasteiger partial charge in [0, 0.05) is 32.6 Å². The number of pyridine rings is 1. The molecule has 0 spiro atoms. The molecule has 0 bridgehead atoms. The van der Waals surface area contributed by atoms with Gasteiger partial charge in [-0.25, -0.2) is 0 Å². The smallest absolute Gasteiger partial charge is 0.0345 e. The molecular weight excluding hydrogens is 246 g/mol. The van der Waals surface area contributed by atoms with Crippen LogP contribution >= 0.6 is 23.1 Å². The number of benzene rings is 1. The summed E-state index contributed by atoms with van der Waals surface area (Å²) in [6.45, 7) is 0. The van der Waals surface area contributed by atoms with Crippen LogP contribution in [0.25, 0.3) is 10.1 Å². The molecule has 0 fully saturated rings. The molecule has 17 heavy (non-hydrogen) atoms. The Morgan fingerprint density at radius 2 is 1.88 bits per heavy atom. The molecule has 0 aliphatic heterocycles. The third-order valence-electron chi connectivity index (χ3n) is 2.51. The van der Waals surface area contributed by atoms with Gasteiger partial charge in [-0.2, -0.15) is 0 Å². The molecule has 1 aromatic carbocycles. The Morgan fingerprint density at radius 3 is 2.71 bits per heavy atom. The lowest BCUT2D eigenvalue weighted by atomic mass is 10.2. The van der Waals surface area contributed by atoms with E-state index in [1.165, 1.54) is 19.9 Å². The SMILES string of the molecule is c1ccc2sc(CSc3ccncc3)cc2c1. The molecule has 2 heterocycles.